The lowest BCUT2D eigenvalue weighted by Crippen LogP contribution is -2.45. The molecule has 6 nitrogen and oxygen atoms in total. The van der Waals surface area contributed by atoms with E-state index in [9.17, 15) is 9.59 Å². The summed E-state index contributed by atoms with van der Waals surface area (Å²) in [6.07, 6.45) is 5.72. The van der Waals surface area contributed by atoms with E-state index in [0.29, 0.717) is 18.8 Å². The molecule has 1 aromatic carbocycles. The average molecular weight is 364 g/mol. The Labute approximate surface area is 159 Å². The summed E-state index contributed by atoms with van der Waals surface area (Å²) in [5.74, 6) is -0.0874. The van der Waals surface area contributed by atoms with Crippen molar-refractivity contribution in [1.82, 2.24) is 20.2 Å². The Morgan fingerprint density at radius 1 is 1.15 bits per heavy atom. The summed E-state index contributed by atoms with van der Waals surface area (Å²) >= 11 is 0. The highest BCUT2D eigenvalue weighted by Gasteiger charge is 2.47. The van der Waals surface area contributed by atoms with Crippen LogP contribution in [0.4, 0.5) is 0 Å². The van der Waals surface area contributed by atoms with Gasteiger partial charge in [0.1, 0.15) is 5.69 Å². The Balaban J connectivity index is 1.54. The Morgan fingerprint density at radius 2 is 1.89 bits per heavy atom. The molecule has 6 heteroatoms. The van der Waals surface area contributed by atoms with Gasteiger partial charge in [0.2, 0.25) is 5.91 Å². The molecule has 2 heterocycles. The third-order valence-electron chi connectivity index (χ3n) is 6.07. The van der Waals surface area contributed by atoms with Crippen molar-refractivity contribution < 1.29 is 9.59 Å². The van der Waals surface area contributed by atoms with E-state index in [1.807, 2.05) is 24.0 Å². The van der Waals surface area contributed by atoms with Crippen molar-refractivity contribution >= 4 is 11.8 Å². The first-order chi connectivity index (χ1) is 13.0. The normalized spacial score (nSPS) is 20.4. The zero-order valence-corrected chi connectivity index (χ0v) is 15.7. The number of aryl methyl sites for hydroxylation is 1. The van der Waals surface area contributed by atoms with Crippen LogP contribution in [0.15, 0.2) is 36.7 Å². The van der Waals surface area contributed by atoms with Crippen LogP contribution in [0.1, 0.15) is 52.5 Å². The van der Waals surface area contributed by atoms with Crippen LogP contribution in [0.25, 0.3) is 0 Å². The molecule has 1 aromatic heterocycles. The van der Waals surface area contributed by atoms with E-state index in [0.717, 1.165) is 30.5 Å². The summed E-state index contributed by atoms with van der Waals surface area (Å²) in [5.41, 5.74) is 3.59. The molecule has 0 bridgehead atoms. The maximum atomic E-state index is 12.7. The SMILES string of the molecule is CNC(=O)C1CC2(CCN(C(=O)c3cnc(C)cn3)CC2)c2ccccc21. The second-order valence-corrected chi connectivity index (χ2v) is 7.57. The van der Waals surface area contributed by atoms with Gasteiger partial charge in [-0.1, -0.05) is 24.3 Å². The number of rotatable bonds is 2. The first-order valence-electron chi connectivity index (χ1n) is 9.43. The number of carbonyl (C=O) groups excluding carboxylic acids is 2. The topological polar surface area (TPSA) is 75.2 Å². The summed E-state index contributed by atoms with van der Waals surface area (Å²) in [6.45, 7) is 3.19. The van der Waals surface area contributed by atoms with Crippen molar-refractivity contribution in [1.29, 1.82) is 0 Å². The molecule has 1 aliphatic carbocycles. The fraction of sp³-hybridized carbons (Fsp3) is 0.429. The number of likely N-dealkylation sites (N-methyl/N-ethyl adjacent to an activating group) is 1. The second-order valence-electron chi connectivity index (χ2n) is 7.57. The number of amides is 2. The Bertz CT molecular complexity index is 870. The fourth-order valence-corrected chi connectivity index (χ4v) is 4.58. The van der Waals surface area contributed by atoms with Gasteiger partial charge in [0.05, 0.1) is 17.8 Å². The molecule has 4 rings (SSSR count). The van der Waals surface area contributed by atoms with Crippen LogP contribution < -0.4 is 5.32 Å². The number of nitrogens with one attached hydrogen (secondary N) is 1. The molecule has 1 atom stereocenters. The highest BCUT2D eigenvalue weighted by molar-refractivity contribution is 5.92. The van der Waals surface area contributed by atoms with Crippen LogP contribution >= 0.6 is 0 Å². The molecule has 140 valence electrons. The molecule has 1 saturated heterocycles. The van der Waals surface area contributed by atoms with Gasteiger partial charge in [-0.3, -0.25) is 14.6 Å². The molecule has 1 fully saturated rings. The second kappa shape index (κ2) is 6.76. The smallest absolute Gasteiger partial charge is 0.274 e. The molecule has 2 aromatic rings. The summed E-state index contributed by atoms with van der Waals surface area (Å²) in [4.78, 5) is 35.4. The standard InChI is InChI=1S/C21H24N4O2/c1-14-12-24-18(13-23-14)20(27)25-9-7-21(8-10-25)11-16(19(26)22-2)15-5-3-4-6-17(15)21/h3-6,12-13,16H,7-11H2,1-2H3,(H,22,26). The number of hydrogen-bond donors (Lipinski definition) is 1. The quantitative estimate of drug-likeness (QED) is 0.886. The van der Waals surface area contributed by atoms with Crippen molar-refractivity contribution in [3.8, 4) is 0 Å². The maximum Gasteiger partial charge on any atom is 0.274 e. The summed E-state index contributed by atoms with van der Waals surface area (Å²) in [6, 6.07) is 8.28. The van der Waals surface area contributed by atoms with E-state index >= 15 is 0 Å². The number of fused-ring (bicyclic) bond motifs is 2. The summed E-state index contributed by atoms with van der Waals surface area (Å²) in [7, 11) is 1.69. The molecule has 2 aliphatic rings. The number of carbonyl (C=O) groups is 2. The number of hydrogen-bond acceptors (Lipinski definition) is 4. The van der Waals surface area contributed by atoms with Gasteiger partial charge in [0, 0.05) is 31.7 Å². The molecule has 1 aliphatic heterocycles. The van der Waals surface area contributed by atoms with E-state index in [4.69, 9.17) is 0 Å². The van der Waals surface area contributed by atoms with Crippen LogP contribution in [0, 0.1) is 6.92 Å². The minimum absolute atomic E-state index is 0.0243. The first-order valence-corrected chi connectivity index (χ1v) is 9.43. The summed E-state index contributed by atoms with van der Waals surface area (Å²) < 4.78 is 0. The lowest BCUT2D eigenvalue weighted by molar-refractivity contribution is -0.122. The Hall–Kier alpha value is -2.76. The predicted molar refractivity (Wildman–Crippen MR) is 101 cm³/mol. The molecular weight excluding hydrogens is 340 g/mol. The van der Waals surface area contributed by atoms with E-state index < -0.39 is 0 Å². The van der Waals surface area contributed by atoms with Crippen molar-refractivity contribution in [2.24, 2.45) is 0 Å². The molecule has 2 amide bonds. The lowest BCUT2D eigenvalue weighted by atomic mass is 9.73. The van der Waals surface area contributed by atoms with Crippen molar-refractivity contribution in [3.63, 3.8) is 0 Å². The van der Waals surface area contributed by atoms with Gasteiger partial charge in [0.25, 0.3) is 5.91 Å². The first kappa shape index (κ1) is 17.6. The highest BCUT2D eigenvalue weighted by atomic mass is 16.2. The van der Waals surface area contributed by atoms with E-state index in [2.05, 4.69) is 27.4 Å². The molecule has 27 heavy (non-hydrogen) atoms. The minimum atomic E-state index is -0.101. The van der Waals surface area contributed by atoms with Gasteiger partial charge in [-0.15, -0.1) is 0 Å². The number of benzene rings is 1. The summed E-state index contributed by atoms with van der Waals surface area (Å²) in [5, 5.41) is 2.80. The zero-order valence-electron chi connectivity index (χ0n) is 15.7. The lowest BCUT2D eigenvalue weighted by Gasteiger charge is -2.40. The third-order valence-corrected chi connectivity index (χ3v) is 6.07. The average Bonchev–Trinajstić information content (AvgIpc) is 3.02. The third kappa shape index (κ3) is 2.99. The molecule has 1 unspecified atom stereocenters. The number of piperidine rings is 1. The van der Waals surface area contributed by atoms with Crippen molar-refractivity contribution in [2.45, 2.75) is 37.5 Å². The van der Waals surface area contributed by atoms with Crippen molar-refractivity contribution in [3.05, 3.63) is 59.2 Å². The largest absolute Gasteiger partial charge is 0.359 e. The maximum absolute atomic E-state index is 12.7. The van der Waals surface area contributed by atoms with Crippen LogP contribution in [0.3, 0.4) is 0 Å². The molecule has 0 radical (unpaired) electrons. The molecular formula is C21H24N4O2. The molecule has 1 spiro atoms. The number of aromatic nitrogens is 2. The Morgan fingerprint density at radius 3 is 2.56 bits per heavy atom. The molecule has 0 saturated carbocycles. The van der Waals surface area contributed by atoms with Crippen LogP contribution in [-0.2, 0) is 10.2 Å². The monoisotopic (exact) mass is 364 g/mol. The van der Waals surface area contributed by atoms with Crippen molar-refractivity contribution in [2.75, 3.05) is 20.1 Å². The predicted octanol–water partition coefficient (Wildman–Crippen LogP) is 2.19. The van der Waals surface area contributed by atoms with Crippen LogP contribution in [-0.4, -0.2) is 46.8 Å². The fourth-order valence-electron chi connectivity index (χ4n) is 4.58. The van der Waals surface area contributed by atoms with E-state index in [-0.39, 0.29) is 23.1 Å². The van der Waals surface area contributed by atoms with Gasteiger partial charge >= 0.3 is 0 Å². The van der Waals surface area contributed by atoms with Gasteiger partial charge in [-0.2, -0.15) is 0 Å². The zero-order chi connectivity index (χ0) is 19.0. The van der Waals surface area contributed by atoms with Gasteiger partial charge in [0.15, 0.2) is 0 Å². The number of likely N-dealkylation sites (tertiary alicyclic amines) is 1. The van der Waals surface area contributed by atoms with Crippen LogP contribution in [0.2, 0.25) is 0 Å². The van der Waals surface area contributed by atoms with Crippen LogP contribution in [0.5, 0.6) is 0 Å². The van der Waals surface area contributed by atoms with Gasteiger partial charge < -0.3 is 10.2 Å². The number of nitrogens with zero attached hydrogens (tertiary/aromatic N) is 3. The van der Waals surface area contributed by atoms with E-state index in [1.54, 1.807) is 19.4 Å². The highest BCUT2D eigenvalue weighted by Crippen LogP contribution is 2.51. The Kier molecular flexibility index (Phi) is 4.42. The molecule has 1 N–H and O–H groups in total. The van der Waals surface area contributed by atoms with E-state index in [1.165, 1.54) is 5.56 Å². The minimum Gasteiger partial charge on any atom is -0.359 e. The van der Waals surface area contributed by atoms with Gasteiger partial charge in [-0.25, -0.2) is 4.98 Å². The van der Waals surface area contributed by atoms with Gasteiger partial charge in [-0.05, 0) is 37.3 Å².